The molecule has 0 aliphatic carbocycles. The Morgan fingerprint density at radius 3 is 3.00 bits per heavy atom. The Morgan fingerprint density at radius 2 is 2.31 bits per heavy atom. The molecule has 0 amide bonds. The zero-order chi connectivity index (χ0) is 11.0. The fourth-order valence-electron chi connectivity index (χ4n) is 1.62. The van der Waals surface area contributed by atoms with Crippen molar-refractivity contribution < 1.29 is 8.91 Å². The highest BCUT2D eigenvalue weighted by Gasteiger charge is 2.24. The molecule has 1 N–H and O–H groups in total. The first-order valence-electron chi connectivity index (χ1n) is 5.16. The van der Waals surface area contributed by atoms with Gasteiger partial charge in [-0.1, -0.05) is 17.3 Å². The molecule has 1 aliphatic rings. The van der Waals surface area contributed by atoms with Crippen molar-refractivity contribution in [3.05, 3.63) is 36.0 Å². The Balaban J connectivity index is 1.91. The minimum absolute atomic E-state index is 0.162. The second-order valence-electron chi connectivity index (χ2n) is 3.76. The average Bonchev–Trinajstić information content (AvgIpc) is 2.64. The summed E-state index contributed by atoms with van der Waals surface area (Å²) in [6, 6.07) is 6.32. The summed E-state index contributed by atoms with van der Waals surface area (Å²) >= 11 is 0. The van der Waals surface area contributed by atoms with Crippen molar-refractivity contribution in [1.29, 1.82) is 0 Å². The molecule has 82 valence electrons. The maximum atomic E-state index is 13.0. The normalized spacial score (nSPS) is 19.4. The maximum absolute atomic E-state index is 13.0. The lowest BCUT2D eigenvalue weighted by Gasteiger charge is -2.23. The number of aromatic nitrogens is 2. The Kier molecular flexibility index (Phi) is 2.18. The minimum Gasteiger partial charge on any atom is -0.337 e. The first-order valence-corrected chi connectivity index (χ1v) is 5.16. The molecule has 0 spiro atoms. The first-order chi connectivity index (χ1) is 7.83. The fourth-order valence-corrected chi connectivity index (χ4v) is 1.62. The molecule has 1 fully saturated rings. The number of halogens is 1. The first kappa shape index (κ1) is 9.47. The number of hydrogen-bond donors (Lipinski definition) is 1. The maximum Gasteiger partial charge on any atom is 0.244 e. The lowest BCUT2D eigenvalue weighted by atomic mass is 10.1. The van der Waals surface area contributed by atoms with Crippen LogP contribution in [0.5, 0.6) is 0 Å². The monoisotopic (exact) mass is 219 g/mol. The van der Waals surface area contributed by atoms with Gasteiger partial charge in [-0.3, -0.25) is 0 Å². The van der Waals surface area contributed by atoms with E-state index < -0.39 is 0 Å². The number of nitrogens with zero attached hydrogens (tertiary/aromatic N) is 2. The summed E-state index contributed by atoms with van der Waals surface area (Å²) in [4.78, 5) is 4.24. The SMILES string of the molecule is Fc1cccc(-c2noc([C@@H]3CCN3)n2)c1. The van der Waals surface area contributed by atoms with E-state index in [1.54, 1.807) is 12.1 Å². The van der Waals surface area contributed by atoms with Gasteiger partial charge in [0.15, 0.2) is 0 Å². The summed E-state index contributed by atoms with van der Waals surface area (Å²) < 4.78 is 18.1. The fraction of sp³-hybridized carbons (Fsp3) is 0.273. The summed E-state index contributed by atoms with van der Waals surface area (Å²) in [6.07, 6.45) is 1.00. The van der Waals surface area contributed by atoms with Gasteiger partial charge in [0.05, 0.1) is 6.04 Å². The van der Waals surface area contributed by atoms with Gasteiger partial charge < -0.3 is 9.84 Å². The van der Waals surface area contributed by atoms with E-state index in [-0.39, 0.29) is 11.9 Å². The number of benzene rings is 1. The summed E-state index contributed by atoms with van der Waals surface area (Å²) in [7, 11) is 0. The Morgan fingerprint density at radius 1 is 1.44 bits per heavy atom. The number of nitrogens with one attached hydrogen (secondary N) is 1. The van der Waals surface area contributed by atoms with Gasteiger partial charge in [0, 0.05) is 5.56 Å². The molecule has 1 atom stereocenters. The van der Waals surface area contributed by atoms with Crippen molar-refractivity contribution in [3.8, 4) is 11.4 Å². The van der Waals surface area contributed by atoms with E-state index >= 15 is 0 Å². The van der Waals surface area contributed by atoms with Crippen LogP contribution in [0.2, 0.25) is 0 Å². The van der Waals surface area contributed by atoms with Crippen molar-refractivity contribution in [3.63, 3.8) is 0 Å². The molecule has 2 heterocycles. The van der Waals surface area contributed by atoms with E-state index in [9.17, 15) is 4.39 Å². The molecule has 5 heteroatoms. The van der Waals surface area contributed by atoms with Gasteiger partial charge in [-0.05, 0) is 25.1 Å². The molecule has 1 aromatic heterocycles. The largest absolute Gasteiger partial charge is 0.337 e. The second-order valence-corrected chi connectivity index (χ2v) is 3.76. The minimum atomic E-state index is -0.300. The molecule has 3 rings (SSSR count). The average molecular weight is 219 g/mol. The van der Waals surface area contributed by atoms with Crippen molar-refractivity contribution in [1.82, 2.24) is 15.5 Å². The van der Waals surface area contributed by atoms with E-state index in [2.05, 4.69) is 15.5 Å². The smallest absolute Gasteiger partial charge is 0.244 e. The van der Waals surface area contributed by atoms with Crippen LogP contribution in [0.25, 0.3) is 11.4 Å². The van der Waals surface area contributed by atoms with E-state index in [1.165, 1.54) is 12.1 Å². The number of hydrogen-bond acceptors (Lipinski definition) is 4. The van der Waals surface area contributed by atoms with Gasteiger partial charge in [0.2, 0.25) is 11.7 Å². The van der Waals surface area contributed by atoms with Crippen LogP contribution in [-0.4, -0.2) is 16.7 Å². The van der Waals surface area contributed by atoms with Crippen molar-refractivity contribution in [2.45, 2.75) is 12.5 Å². The molecule has 4 nitrogen and oxygen atoms in total. The van der Waals surface area contributed by atoms with E-state index in [1.807, 2.05) is 0 Å². The topological polar surface area (TPSA) is 51.0 Å². The van der Waals surface area contributed by atoms with E-state index in [0.29, 0.717) is 17.3 Å². The molecular weight excluding hydrogens is 209 g/mol. The van der Waals surface area contributed by atoms with Gasteiger partial charge in [-0.2, -0.15) is 4.98 Å². The predicted octanol–water partition coefficient (Wildman–Crippen LogP) is 1.91. The predicted molar refractivity (Wildman–Crippen MR) is 55.1 cm³/mol. The van der Waals surface area contributed by atoms with Gasteiger partial charge in [0.1, 0.15) is 5.82 Å². The zero-order valence-electron chi connectivity index (χ0n) is 8.48. The molecular formula is C11H10FN3O. The van der Waals surface area contributed by atoms with Crippen LogP contribution in [-0.2, 0) is 0 Å². The zero-order valence-corrected chi connectivity index (χ0v) is 8.48. The third-order valence-corrected chi connectivity index (χ3v) is 2.65. The number of rotatable bonds is 2. The summed E-state index contributed by atoms with van der Waals surface area (Å²) in [5.74, 6) is 0.708. The molecule has 0 radical (unpaired) electrons. The molecule has 0 saturated carbocycles. The van der Waals surface area contributed by atoms with Crippen LogP contribution in [0.3, 0.4) is 0 Å². The second kappa shape index (κ2) is 3.68. The highest BCUT2D eigenvalue weighted by Crippen LogP contribution is 2.24. The quantitative estimate of drug-likeness (QED) is 0.838. The molecule has 0 unspecified atom stereocenters. The Labute approximate surface area is 91.5 Å². The van der Waals surface area contributed by atoms with Gasteiger partial charge in [0.25, 0.3) is 0 Å². The van der Waals surface area contributed by atoms with Crippen molar-refractivity contribution in [2.24, 2.45) is 0 Å². The highest BCUT2D eigenvalue weighted by atomic mass is 19.1. The third kappa shape index (κ3) is 1.59. The van der Waals surface area contributed by atoms with Crippen molar-refractivity contribution >= 4 is 0 Å². The molecule has 2 aromatic rings. The van der Waals surface area contributed by atoms with Crippen LogP contribution >= 0.6 is 0 Å². The lowest BCUT2D eigenvalue weighted by Crippen LogP contribution is -2.35. The van der Waals surface area contributed by atoms with E-state index in [0.717, 1.165) is 13.0 Å². The summed E-state index contributed by atoms with van der Waals surface area (Å²) in [6.45, 7) is 0.975. The lowest BCUT2D eigenvalue weighted by molar-refractivity contribution is 0.273. The Bertz CT molecular complexity index is 507. The molecule has 16 heavy (non-hydrogen) atoms. The third-order valence-electron chi connectivity index (χ3n) is 2.65. The molecule has 1 saturated heterocycles. The van der Waals surface area contributed by atoms with Crippen LogP contribution in [0.4, 0.5) is 4.39 Å². The van der Waals surface area contributed by atoms with Gasteiger partial charge >= 0.3 is 0 Å². The van der Waals surface area contributed by atoms with Gasteiger partial charge in [-0.25, -0.2) is 4.39 Å². The summed E-state index contributed by atoms with van der Waals surface area (Å²) in [5.41, 5.74) is 0.634. The van der Waals surface area contributed by atoms with Crippen LogP contribution in [0.15, 0.2) is 28.8 Å². The molecule has 1 aromatic carbocycles. The Hall–Kier alpha value is -1.75. The molecule has 1 aliphatic heterocycles. The van der Waals surface area contributed by atoms with Crippen LogP contribution in [0.1, 0.15) is 18.4 Å². The van der Waals surface area contributed by atoms with Crippen LogP contribution in [0, 0.1) is 5.82 Å². The summed E-state index contributed by atoms with van der Waals surface area (Å²) in [5, 5.41) is 7.01. The standard InChI is InChI=1S/C11H10FN3O/c12-8-3-1-2-7(6-8)10-14-11(16-15-10)9-4-5-13-9/h1-3,6,9,13H,4-5H2/t9-/m0/s1. The van der Waals surface area contributed by atoms with Gasteiger partial charge in [-0.15, -0.1) is 0 Å². The van der Waals surface area contributed by atoms with Crippen LogP contribution < -0.4 is 5.32 Å². The van der Waals surface area contributed by atoms with Crippen molar-refractivity contribution in [2.75, 3.05) is 6.54 Å². The van der Waals surface area contributed by atoms with E-state index in [4.69, 9.17) is 4.52 Å². The molecule has 0 bridgehead atoms. The highest BCUT2D eigenvalue weighted by molar-refractivity contribution is 5.53.